The minimum Gasteiger partial charge on any atom is -0.493 e. The van der Waals surface area contributed by atoms with Gasteiger partial charge in [0.25, 0.3) is 0 Å². The molecule has 1 saturated heterocycles. The van der Waals surface area contributed by atoms with Crippen molar-refractivity contribution in [2.45, 2.75) is 31.8 Å². The summed E-state index contributed by atoms with van der Waals surface area (Å²) in [6, 6.07) is 5.94. The van der Waals surface area contributed by atoms with Crippen LogP contribution >= 0.6 is 11.8 Å². The summed E-state index contributed by atoms with van der Waals surface area (Å²) in [4.78, 5) is 10.6. The molecule has 3 nitrogen and oxygen atoms in total. The molecule has 0 bridgehead atoms. The molecule has 19 heavy (non-hydrogen) atoms. The molecular formula is C15H20O3S. The van der Waals surface area contributed by atoms with E-state index in [4.69, 9.17) is 9.47 Å². The van der Waals surface area contributed by atoms with Gasteiger partial charge in [0.2, 0.25) is 0 Å². The SMILES string of the molecule is COc1ccc(C(C)CC=O)cc1OC1CCSC1. The van der Waals surface area contributed by atoms with E-state index in [1.165, 1.54) is 0 Å². The monoisotopic (exact) mass is 280 g/mol. The summed E-state index contributed by atoms with van der Waals surface area (Å²) in [5.41, 5.74) is 1.12. The van der Waals surface area contributed by atoms with Gasteiger partial charge in [0.05, 0.1) is 7.11 Å². The molecule has 104 valence electrons. The summed E-state index contributed by atoms with van der Waals surface area (Å²) in [5, 5.41) is 0. The van der Waals surface area contributed by atoms with E-state index in [1.54, 1.807) is 7.11 Å². The van der Waals surface area contributed by atoms with Crippen molar-refractivity contribution in [1.29, 1.82) is 0 Å². The Kier molecular flexibility index (Phi) is 5.14. The smallest absolute Gasteiger partial charge is 0.161 e. The molecule has 1 fully saturated rings. The molecule has 4 heteroatoms. The summed E-state index contributed by atoms with van der Waals surface area (Å²) in [5.74, 6) is 3.97. The highest BCUT2D eigenvalue weighted by atomic mass is 32.2. The van der Waals surface area contributed by atoms with E-state index in [9.17, 15) is 4.79 Å². The summed E-state index contributed by atoms with van der Waals surface area (Å²) < 4.78 is 11.4. The van der Waals surface area contributed by atoms with Crippen molar-refractivity contribution in [3.05, 3.63) is 23.8 Å². The van der Waals surface area contributed by atoms with E-state index >= 15 is 0 Å². The first-order chi connectivity index (χ1) is 9.24. The van der Waals surface area contributed by atoms with Crippen LogP contribution in [0.3, 0.4) is 0 Å². The highest BCUT2D eigenvalue weighted by molar-refractivity contribution is 7.99. The van der Waals surface area contributed by atoms with Gasteiger partial charge in [-0.2, -0.15) is 11.8 Å². The Labute approximate surface area is 118 Å². The number of thioether (sulfide) groups is 1. The van der Waals surface area contributed by atoms with E-state index in [0.717, 1.165) is 41.3 Å². The van der Waals surface area contributed by atoms with E-state index < -0.39 is 0 Å². The van der Waals surface area contributed by atoms with Crippen LogP contribution in [0.1, 0.15) is 31.2 Å². The van der Waals surface area contributed by atoms with Gasteiger partial charge in [-0.1, -0.05) is 13.0 Å². The molecule has 0 saturated carbocycles. The van der Waals surface area contributed by atoms with Gasteiger partial charge in [-0.05, 0) is 35.8 Å². The molecular weight excluding hydrogens is 260 g/mol. The van der Waals surface area contributed by atoms with Crippen LogP contribution in [0.15, 0.2) is 18.2 Å². The Morgan fingerprint density at radius 3 is 2.95 bits per heavy atom. The molecule has 1 heterocycles. The number of benzene rings is 1. The van der Waals surface area contributed by atoms with Crippen molar-refractivity contribution in [1.82, 2.24) is 0 Å². The first-order valence-corrected chi connectivity index (χ1v) is 7.76. The lowest BCUT2D eigenvalue weighted by Crippen LogP contribution is -2.15. The number of hydrogen-bond donors (Lipinski definition) is 0. The fourth-order valence-electron chi connectivity index (χ4n) is 2.16. The van der Waals surface area contributed by atoms with Crippen molar-refractivity contribution in [3.8, 4) is 11.5 Å². The summed E-state index contributed by atoms with van der Waals surface area (Å²) in [7, 11) is 1.65. The molecule has 2 rings (SSSR count). The van der Waals surface area contributed by atoms with Gasteiger partial charge in [0, 0.05) is 12.2 Å². The van der Waals surface area contributed by atoms with Crippen molar-refractivity contribution in [2.24, 2.45) is 0 Å². The van der Waals surface area contributed by atoms with Gasteiger partial charge in [-0.3, -0.25) is 0 Å². The van der Waals surface area contributed by atoms with Gasteiger partial charge < -0.3 is 14.3 Å². The van der Waals surface area contributed by atoms with Crippen LogP contribution in [0, 0.1) is 0 Å². The third-order valence-electron chi connectivity index (χ3n) is 3.39. The van der Waals surface area contributed by atoms with E-state index in [-0.39, 0.29) is 12.0 Å². The third-order valence-corrected chi connectivity index (χ3v) is 4.52. The van der Waals surface area contributed by atoms with E-state index in [2.05, 4.69) is 0 Å². The molecule has 2 atom stereocenters. The topological polar surface area (TPSA) is 35.5 Å². The van der Waals surface area contributed by atoms with Crippen molar-refractivity contribution >= 4 is 18.0 Å². The second-order valence-electron chi connectivity index (χ2n) is 4.82. The van der Waals surface area contributed by atoms with Gasteiger partial charge in [0.15, 0.2) is 11.5 Å². The van der Waals surface area contributed by atoms with Gasteiger partial charge in [-0.15, -0.1) is 0 Å². The molecule has 0 aliphatic carbocycles. The lowest BCUT2D eigenvalue weighted by atomic mass is 9.98. The fourth-order valence-corrected chi connectivity index (χ4v) is 3.25. The Morgan fingerprint density at radius 2 is 2.32 bits per heavy atom. The Hall–Kier alpha value is -1.16. The molecule has 1 aromatic rings. The van der Waals surface area contributed by atoms with Crippen LogP contribution < -0.4 is 9.47 Å². The number of aldehydes is 1. The zero-order chi connectivity index (χ0) is 13.7. The zero-order valence-electron chi connectivity index (χ0n) is 11.4. The number of ether oxygens (including phenoxy) is 2. The average Bonchev–Trinajstić information content (AvgIpc) is 2.92. The number of methoxy groups -OCH3 is 1. The second kappa shape index (κ2) is 6.85. The number of carbonyl (C=O) groups is 1. The quantitative estimate of drug-likeness (QED) is 0.749. The molecule has 0 N–H and O–H groups in total. The van der Waals surface area contributed by atoms with Crippen LogP contribution in [-0.2, 0) is 4.79 Å². The molecule has 0 aromatic heterocycles. The summed E-state index contributed by atoms with van der Waals surface area (Å²) >= 11 is 1.92. The predicted octanol–water partition coefficient (Wildman–Crippen LogP) is 3.27. The first-order valence-electron chi connectivity index (χ1n) is 6.60. The van der Waals surface area contributed by atoms with Crippen LogP contribution in [0.25, 0.3) is 0 Å². The predicted molar refractivity (Wildman–Crippen MR) is 78.4 cm³/mol. The fraction of sp³-hybridized carbons (Fsp3) is 0.533. The third kappa shape index (κ3) is 3.66. The lowest BCUT2D eigenvalue weighted by molar-refractivity contribution is -0.108. The van der Waals surface area contributed by atoms with Gasteiger partial charge in [-0.25, -0.2) is 0 Å². The largest absolute Gasteiger partial charge is 0.493 e. The van der Waals surface area contributed by atoms with Crippen LogP contribution in [0.2, 0.25) is 0 Å². The van der Waals surface area contributed by atoms with Gasteiger partial charge >= 0.3 is 0 Å². The summed E-state index contributed by atoms with van der Waals surface area (Å²) in [6.07, 6.45) is 2.85. The minimum absolute atomic E-state index is 0.212. The molecule has 0 amide bonds. The Balaban J connectivity index is 2.17. The van der Waals surface area contributed by atoms with Crippen LogP contribution in [0.5, 0.6) is 11.5 Å². The molecule has 2 unspecified atom stereocenters. The molecule has 1 aromatic carbocycles. The highest BCUT2D eigenvalue weighted by Crippen LogP contribution is 2.34. The average molecular weight is 280 g/mol. The molecule has 1 aliphatic heterocycles. The first kappa shape index (κ1) is 14.3. The molecule has 1 aliphatic rings. The van der Waals surface area contributed by atoms with Crippen LogP contribution in [-0.4, -0.2) is 31.0 Å². The number of rotatable bonds is 6. The van der Waals surface area contributed by atoms with E-state index in [0.29, 0.717) is 6.42 Å². The second-order valence-corrected chi connectivity index (χ2v) is 5.97. The molecule has 0 radical (unpaired) electrons. The maximum absolute atomic E-state index is 10.6. The van der Waals surface area contributed by atoms with Crippen molar-refractivity contribution in [2.75, 3.05) is 18.6 Å². The minimum atomic E-state index is 0.212. The lowest BCUT2D eigenvalue weighted by Gasteiger charge is -2.18. The number of carbonyl (C=O) groups excluding carboxylic acids is 1. The number of hydrogen-bond acceptors (Lipinski definition) is 4. The van der Waals surface area contributed by atoms with E-state index in [1.807, 2.05) is 36.9 Å². The Bertz CT molecular complexity index is 427. The maximum atomic E-state index is 10.6. The summed E-state index contributed by atoms with van der Waals surface area (Å²) in [6.45, 7) is 2.05. The maximum Gasteiger partial charge on any atom is 0.161 e. The van der Waals surface area contributed by atoms with Crippen molar-refractivity contribution < 1.29 is 14.3 Å². The standard InChI is InChI=1S/C15H20O3S/c1-11(5-7-16)12-3-4-14(17-2)15(9-12)18-13-6-8-19-10-13/h3-4,7,9,11,13H,5-6,8,10H2,1-2H3. The Morgan fingerprint density at radius 1 is 1.47 bits per heavy atom. The highest BCUT2D eigenvalue weighted by Gasteiger charge is 2.19. The van der Waals surface area contributed by atoms with Gasteiger partial charge in [0.1, 0.15) is 12.4 Å². The molecule has 0 spiro atoms. The van der Waals surface area contributed by atoms with Crippen molar-refractivity contribution in [3.63, 3.8) is 0 Å². The zero-order valence-corrected chi connectivity index (χ0v) is 12.2. The normalized spacial score (nSPS) is 20.0. The van der Waals surface area contributed by atoms with Crippen LogP contribution in [0.4, 0.5) is 0 Å².